The van der Waals surface area contributed by atoms with Gasteiger partial charge in [-0.1, -0.05) is 34.1 Å². The van der Waals surface area contributed by atoms with Gasteiger partial charge in [-0.05, 0) is 70.8 Å². The van der Waals surface area contributed by atoms with E-state index in [1.807, 2.05) is 20.9 Å². The second-order valence-corrected chi connectivity index (χ2v) is 9.69. The van der Waals surface area contributed by atoms with Gasteiger partial charge in [0.15, 0.2) is 0 Å². The highest BCUT2D eigenvalue weighted by Gasteiger charge is 2.44. The topological polar surface area (TPSA) is 63.9 Å². The lowest BCUT2D eigenvalue weighted by atomic mass is 9.70. The highest BCUT2D eigenvalue weighted by Crippen LogP contribution is 2.38. The van der Waals surface area contributed by atoms with E-state index >= 15 is 0 Å². The fourth-order valence-electron chi connectivity index (χ4n) is 5.53. The molecule has 150 valence electrons. The zero-order valence-electron chi connectivity index (χ0n) is 17.8. The van der Waals surface area contributed by atoms with Crippen LogP contribution in [0.4, 0.5) is 0 Å². The predicted octanol–water partition coefficient (Wildman–Crippen LogP) is 3.29. The van der Waals surface area contributed by atoms with Gasteiger partial charge < -0.3 is 20.2 Å². The molecule has 4 nitrogen and oxygen atoms in total. The maximum absolute atomic E-state index is 11.2. The number of aliphatic hydroxyl groups is 3. The molecule has 0 radical (unpaired) electrons. The smallest absolute Gasteiger partial charge is 0.0979 e. The van der Waals surface area contributed by atoms with Gasteiger partial charge in [-0.15, -0.1) is 0 Å². The van der Waals surface area contributed by atoms with Crippen molar-refractivity contribution in [3.8, 4) is 0 Å². The maximum atomic E-state index is 11.2. The molecule has 0 bridgehead atoms. The van der Waals surface area contributed by atoms with Gasteiger partial charge in [-0.2, -0.15) is 0 Å². The Hall–Kier alpha value is -0.160. The van der Waals surface area contributed by atoms with Gasteiger partial charge >= 0.3 is 0 Å². The van der Waals surface area contributed by atoms with Crippen LogP contribution in [0.5, 0.6) is 0 Å². The third kappa shape index (κ3) is 5.92. The summed E-state index contributed by atoms with van der Waals surface area (Å²) in [4.78, 5) is 2.12. The fraction of sp³-hybridized carbons (Fsp3) is 1.00. The Labute approximate surface area is 155 Å². The van der Waals surface area contributed by atoms with Gasteiger partial charge in [0.2, 0.25) is 0 Å². The third-order valence-electron chi connectivity index (χ3n) is 6.58. The third-order valence-corrected chi connectivity index (χ3v) is 6.58. The molecule has 1 heterocycles. The molecule has 25 heavy (non-hydrogen) atoms. The summed E-state index contributed by atoms with van der Waals surface area (Å²) in [6.45, 7) is 15.2. The van der Waals surface area contributed by atoms with Crippen molar-refractivity contribution < 1.29 is 15.3 Å². The maximum Gasteiger partial charge on any atom is 0.0979 e. The normalized spacial score (nSPS) is 49.1. The molecular formula is C21H43NO3. The first-order chi connectivity index (χ1) is 11.3. The van der Waals surface area contributed by atoms with Crippen molar-refractivity contribution in [3.63, 3.8) is 0 Å². The molecule has 1 aliphatic rings. The van der Waals surface area contributed by atoms with E-state index in [9.17, 15) is 15.3 Å². The van der Waals surface area contributed by atoms with Crippen LogP contribution < -0.4 is 0 Å². The minimum Gasteiger partial charge on any atom is -0.390 e. The summed E-state index contributed by atoms with van der Waals surface area (Å²) in [5, 5.41) is 33.1. The number of nitrogens with zero attached hydrogens (tertiary/aromatic N) is 1. The molecule has 0 saturated carbocycles. The van der Waals surface area contributed by atoms with E-state index in [0.29, 0.717) is 11.8 Å². The Morgan fingerprint density at radius 3 is 2.04 bits per heavy atom. The summed E-state index contributed by atoms with van der Waals surface area (Å²) < 4.78 is 0. The predicted molar refractivity (Wildman–Crippen MR) is 104 cm³/mol. The second-order valence-electron chi connectivity index (χ2n) is 9.69. The van der Waals surface area contributed by atoms with E-state index in [4.69, 9.17) is 0 Å². The van der Waals surface area contributed by atoms with E-state index in [1.54, 1.807) is 6.92 Å². The Kier molecular flexibility index (Phi) is 7.95. The molecule has 1 rings (SSSR count). The summed E-state index contributed by atoms with van der Waals surface area (Å²) in [6.07, 6.45) is 2.53. The molecule has 8 atom stereocenters. The molecule has 5 unspecified atom stereocenters. The van der Waals surface area contributed by atoms with E-state index in [1.165, 1.54) is 0 Å². The molecule has 0 aromatic heterocycles. The van der Waals surface area contributed by atoms with Crippen molar-refractivity contribution in [2.24, 2.45) is 23.7 Å². The van der Waals surface area contributed by atoms with E-state index < -0.39 is 17.3 Å². The Bertz CT molecular complexity index is 410. The van der Waals surface area contributed by atoms with E-state index in [-0.39, 0.29) is 17.9 Å². The molecule has 4 heteroatoms. The van der Waals surface area contributed by atoms with Gasteiger partial charge in [-0.3, -0.25) is 0 Å². The Balaban J connectivity index is 3.18. The van der Waals surface area contributed by atoms with Gasteiger partial charge in [0.05, 0.1) is 17.3 Å². The van der Waals surface area contributed by atoms with Crippen LogP contribution in [-0.2, 0) is 0 Å². The highest BCUT2D eigenvalue weighted by atomic mass is 16.3. The van der Waals surface area contributed by atoms with Gasteiger partial charge in [0.25, 0.3) is 0 Å². The first-order valence-electron chi connectivity index (χ1n) is 10.1. The lowest BCUT2D eigenvalue weighted by Crippen LogP contribution is -2.57. The van der Waals surface area contributed by atoms with Crippen molar-refractivity contribution in [2.45, 2.75) is 97.5 Å². The molecule has 1 saturated heterocycles. The van der Waals surface area contributed by atoms with Crippen LogP contribution in [0.2, 0.25) is 0 Å². The van der Waals surface area contributed by atoms with Crippen molar-refractivity contribution >= 4 is 0 Å². The largest absolute Gasteiger partial charge is 0.390 e. The Morgan fingerprint density at radius 2 is 1.52 bits per heavy atom. The molecular weight excluding hydrogens is 314 g/mol. The summed E-state index contributed by atoms with van der Waals surface area (Å²) in [6, 6.07) is -0.137. The lowest BCUT2D eigenvalue weighted by molar-refractivity contribution is -0.139. The minimum atomic E-state index is -1.12. The van der Waals surface area contributed by atoms with Crippen LogP contribution in [0.25, 0.3) is 0 Å². The molecule has 3 N–H and O–H groups in total. The second kappa shape index (κ2) is 8.69. The highest BCUT2D eigenvalue weighted by molar-refractivity contribution is 4.96. The molecule has 0 aromatic carbocycles. The first kappa shape index (κ1) is 22.9. The number of aliphatic hydroxyl groups excluding tert-OH is 1. The standard InChI is InChI=1S/C21H43NO3/c1-9-18-16(4)10-14(2)11-20(6,24)12-15(3)13-22(8)17(5)19(23)21(18,7)25/h14-19,23-25H,9-13H2,1-8H3/t14-,15+,16?,17?,18-,19?,20?,21?/m0/s1. The van der Waals surface area contributed by atoms with Crippen molar-refractivity contribution in [1.29, 1.82) is 0 Å². The molecule has 0 aromatic rings. The zero-order chi connectivity index (χ0) is 19.6. The van der Waals surface area contributed by atoms with Crippen molar-refractivity contribution in [1.82, 2.24) is 4.90 Å². The summed E-state index contributed by atoms with van der Waals surface area (Å²) in [5.74, 6) is 1.03. The lowest BCUT2D eigenvalue weighted by Gasteiger charge is -2.44. The van der Waals surface area contributed by atoms with Crippen LogP contribution in [0.1, 0.15) is 74.1 Å². The number of hydrogen-bond acceptors (Lipinski definition) is 4. The van der Waals surface area contributed by atoms with Crippen LogP contribution in [0.3, 0.4) is 0 Å². The average Bonchev–Trinajstić information content (AvgIpc) is 2.43. The monoisotopic (exact) mass is 357 g/mol. The molecule has 1 aliphatic heterocycles. The number of hydrogen-bond donors (Lipinski definition) is 3. The van der Waals surface area contributed by atoms with Crippen LogP contribution in [0.15, 0.2) is 0 Å². The van der Waals surface area contributed by atoms with Crippen LogP contribution in [0, 0.1) is 23.7 Å². The minimum absolute atomic E-state index is 0.0314. The molecule has 0 spiro atoms. The number of rotatable bonds is 1. The van der Waals surface area contributed by atoms with Gasteiger partial charge in [0, 0.05) is 12.6 Å². The summed E-state index contributed by atoms with van der Waals surface area (Å²) >= 11 is 0. The van der Waals surface area contributed by atoms with E-state index in [0.717, 1.165) is 32.2 Å². The van der Waals surface area contributed by atoms with Crippen LogP contribution >= 0.6 is 0 Å². The molecule has 0 amide bonds. The van der Waals surface area contributed by atoms with Crippen molar-refractivity contribution in [2.75, 3.05) is 13.6 Å². The fourth-order valence-corrected chi connectivity index (χ4v) is 5.53. The van der Waals surface area contributed by atoms with Crippen molar-refractivity contribution in [3.05, 3.63) is 0 Å². The zero-order valence-corrected chi connectivity index (χ0v) is 17.8. The molecule has 0 aliphatic carbocycles. The first-order valence-corrected chi connectivity index (χ1v) is 10.1. The SMILES string of the molecule is CC[C@H]1C(C)C[C@H](C)CC(C)(O)C[C@@H](C)CN(C)C(C)C(O)C1(C)O. The summed E-state index contributed by atoms with van der Waals surface area (Å²) in [7, 11) is 2.00. The number of likely N-dealkylation sites (N-methyl/N-ethyl adjacent to an activating group) is 1. The Morgan fingerprint density at radius 1 is 1.00 bits per heavy atom. The summed E-state index contributed by atoms with van der Waals surface area (Å²) in [5.41, 5.74) is -1.79. The average molecular weight is 358 g/mol. The molecule has 1 fully saturated rings. The quantitative estimate of drug-likeness (QED) is 0.674. The van der Waals surface area contributed by atoms with Gasteiger partial charge in [0.1, 0.15) is 0 Å². The van der Waals surface area contributed by atoms with Gasteiger partial charge in [-0.25, -0.2) is 0 Å². The van der Waals surface area contributed by atoms with E-state index in [2.05, 4.69) is 32.6 Å². The van der Waals surface area contributed by atoms with Crippen LogP contribution in [-0.4, -0.2) is 57.2 Å².